The summed E-state index contributed by atoms with van der Waals surface area (Å²) in [5.41, 5.74) is 0.849. The smallest absolute Gasteiger partial charge is 0.317 e. The normalized spacial score (nSPS) is 11.6. The monoisotopic (exact) mass is 408 g/mol. The number of carbonyl (C=O) groups is 3. The lowest BCUT2D eigenvalue weighted by atomic mass is 10.1. The number of amides is 2. The molecule has 3 aromatic rings. The van der Waals surface area contributed by atoms with E-state index in [2.05, 4.69) is 10.6 Å². The summed E-state index contributed by atoms with van der Waals surface area (Å²) in [6, 6.07) is 20.0. The van der Waals surface area contributed by atoms with Crippen molar-refractivity contribution in [3.63, 3.8) is 0 Å². The van der Waals surface area contributed by atoms with Crippen LogP contribution in [0.15, 0.2) is 71.6 Å². The molecule has 2 amide bonds. The van der Waals surface area contributed by atoms with Crippen LogP contribution in [0.3, 0.4) is 0 Å². The van der Waals surface area contributed by atoms with Gasteiger partial charge in [0.05, 0.1) is 0 Å². The van der Waals surface area contributed by atoms with Crippen LogP contribution in [-0.2, 0) is 9.59 Å². The zero-order valence-electron chi connectivity index (χ0n) is 15.7. The summed E-state index contributed by atoms with van der Waals surface area (Å²) in [7, 11) is 1.52. The fourth-order valence-electron chi connectivity index (χ4n) is 2.85. The van der Waals surface area contributed by atoms with E-state index < -0.39 is 17.1 Å². The van der Waals surface area contributed by atoms with Gasteiger partial charge in [-0.15, -0.1) is 11.8 Å². The van der Waals surface area contributed by atoms with Gasteiger partial charge in [-0.25, -0.2) is 0 Å². The first-order chi connectivity index (χ1) is 14.0. The van der Waals surface area contributed by atoms with Gasteiger partial charge in [-0.3, -0.25) is 14.4 Å². The molecule has 0 aliphatic rings. The third-order valence-corrected chi connectivity index (χ3v) is 5.46. The molecule has 0 saturated carbocycles. The molecule has 6 nitrogen and oxygen atoms in total. The Morgan fingerprint density at radius 1 is 0.966 bits per heavy atom. The van der Waals surface area contributed by atoms with Gasteiger partial charge in [0.15, 0.2) is 0 Å². The van der Waals surface area contributed by atoms with Gasteiger partial charge < -0.3 is 15.7 Å². The Balaban J connectivity index is 1.69. The number of nitrogens with one attached hydrogen (secondary N) is 2. The van der Waals surface area contributed by atoms with Crippen LogP contribution >= 0.6 is 11.8 Å². The molecule has 1 atom stereocenters. The summed E-state index contributed by atoms with van der Waals surface area (Å²) in [4.78, 5) is 36.6. The summed E-state index contributed by atoms with van der Waals surface area (Å²) < 4.78 is 0. The standard InChI is InChI=1S/C22H20N2O4S/c1-23-21(26)16-7-4-8-17(11-16)24-20(25)13-19(22(27)28)29-18-10-9-14-5-2-3-6-15(14)12-18/h2-12,19H,13H2,1H3,(H,23,26)(H,24,25)(H,27,28)/t19-/m0/s1. The maximum absolute atomic E-state index is 12.4. The van der Waals surface area contributed by atoms with Crippen LogP contribution in [0, 0.1) is 0 Å². The van der Waals surface area contributed by atoms with E-state index in [1.54, 1.807) is 24.3 Å². The maximum atomic E-state index is 12.4. The van der Waals surface area contributed by atoms with Gasteiger partial charge in [-0.2, -0.15) is 0 Å². The Bertz CT molecular complexity index is 1070. The molecule has 3 aromatic carbocycles. The van der Waals surface area contributed by atoms with Crippen molar-refractivity contribution < 1.29 is 19.5 Å². The Morgan fingerprint density at radius 3 is 2.45 bits per heavy atom. The van der Waals surface area contributed by atoms with Crippen molar-refractivity contribution in [1.82, 2.24) is 5.32 Å². The van der Waals surface area contributed by atoms with E-state index in [0.29, 0.717) is 11.3 Å². The summed E-state index contributed by atoms with van der Waals surface area (Å²) >= 11 is 1.14. The number of anilines is 1. The highest BCUT2D eigenvalue weighted by molar-refractivity contribution is 8.00. The Labute approximate surface area is 172 Å². The molecule has 0 heterocycles. The van der Waals surface area contributed by atoms with E-state index >= 15 is 0 Å². The Hall–Kier alpha value is -3.32. The topological polar surface area (TPSA) is 95.5 Å². The van der Waals surface area contributed by atoms with E-state index in [1.165, 1.54) is 7.05 Å². The Morgan fingerprint density at radius 2 is 1.72 bits per heavy atom. The van der Waals surface area contributed by atoms with Gasteiger partial charge in [-0.1, -0.05) is 36.4 Å². The minimum Gasteiger partial charge on any atom is -0.480 e. The average Bonchev–Trinajstić information content (AvgIpc) is 2.72. The highest BCUT2D eigenvalue weighted by Gasteiger charge is 2.23. The summed E-state index contributed by atoms with van der Waals surface area (Å²) in [6.45, 7) is 0. The van der Waals surface area contributed by atoms with Crippen LogP contribution in [0.25, 0.3) is 10.8 Å². The molecule has 0 unspecified atom stereocenters. The molecule has 0 aromatic heterocycles. The number of thioether (sulfide) groups is 1. The fourth-order valence-corrected chi connectivity index (χ4v) is 3.85. The van der Waals surface area contributed by atoms with E-state index in [0.717, 1.165) is 27.4 Å². The van der Waals surface area contributed by atoms with Crippen LogP contribution in [0.1, 0.15) is 16.8 Å². The highest BCUT2D eigenvalue weighted by atomic mass is 32.2. The number of carboxylic acid groups (broad SMARTS) is 1. The number of hydrogen-bond acceptors (Lipinski definition) is 4. The van der Waals surface area contributed by atoms with E-state index in [9.17, 15) is 19.5 Å². The van der Waals surface area contributed by atoms with Crippen molar-refractivity contribution in [1.29, 1.82) is 0 Å². The third-order valence-electron chi connectivity index (χ3n) is 4.28. The molecule has 3 N–H and O–H groups in total. The molecule has 29 heavy (non-hydrogen) atoms. The molecule has 0 aliphatic heterocycles. The zero-order valence-corrected chi connectivity index (χ0v) is 16.5. The molecule has 0 bridgehead atoms. The molecule has 0 saturated heterocycles. The lowest BCUT2D eigenvalue weighted by Gasteiger charge is -2.13. The number of benzene rings is 3. The lowest BCUT2D eigenvalue weighted by Crippen LogP contribution is -2.24. The number of carboxylic acids is 1. The van der Waals surface area contributed by atoms with Crippen molar-refractivity contribution >= 4 is 46.0 Å². The second kappa shape index (κ2) is 9.25. The second-order valence-electron chi connectivity index (χ2n) is 6.37. The zero-order chi connectivity index (χ0) is 20.8. The largest absolute Gasteiger partial charge is 0.480 e. The SMILES string of the molecule is CNC(=O)c1cccc(NC(=O)C[C@H](Sc2ccc3ccccc3c2)C(=O)O)c1. The van der Waals surface area contributed by atoms with Crippen molar-refractivity contribution in [2.75, 3.05) is 12.4 Å². The van der Waals surface area contributed by atoms with Gasteiger partial charge in [0, 0.05) is 29.6 Å². The van der Waals surface area contributed by atoms with Crippen molar-refractivity contribution in [3.8, 4) is 0 Å². The number of rotatable bonds is 7. The van der Waals surface area contributed by atoms with E-state index in [4.69, 9.17) is 0 Å². The summed E-state index contributed by atoms with van der Waals surface area (Å²) in [5.74, 6) is -1.76. The maximum Gasteiger partial charge on any atom is 0.317 e. The molecule has 0 aliphatic carbocycles. The van der Waals surface area contributed by atoms with Gasteiger partial charge in [0.25, 0.3) is 5.91 Å². The first-order valence-electron chi connectivity index (χ1n) is 8.96. The van der Waals surface area contributed by atoms with Crippen LogP contribution in [-0.4, -0.2) is 35.2 Å². The molecular formula is C22H20N2O4S. The summed E-state index contributed by atoms with van der Waals surface area (Å²) in [6.07, 6.45) is -0.197. The molecular weight excluding hydrogens is 388 g/mol. The number of hydrogen-bond donors (Lipinski definition) is 3. The van der Waals surface area contributed by atoms with Gasteiger partial charge >= 0.3 is 5.97 Å². The molecule has 7 heteroatoms. The third kappa shape index (κ3) is 5.36. The average molecular weight is 408 g/mol. The predicted molar refractivity (Wildman–Crippen MR) is 114 cm³/mol. The second-order valence-corrected chi connectivity index (χ2v) is 7.64. The first kappa shape index (κ1) is 20.4. The van der Waals surface area contributed by atoms with Gasteiger partial charge in [-0.05, 0) is 41.1 Å². The molecule has 0 spiro atoms. The molecule has 3 rings (SSSR count). The molecule has 0 radical (unpaired) electrons. The van der Waals surface area contributed by atoms with Gasteiger partial charge in [0.2, 0.25) is 5.91 Å². The van der Waals surface area contributed by atoms with Crippen LogP contribution < -0.4 is 10.6 Å². The van der Waals surface area contributed by atoms with Crippen molar-refractivity contribution in [2.45, 2.75) is 16.6 Å². The summed E-state index contributed by atoms with van der Waals surface area (Å²) in [5, 5.41) is 15.9. The minimum absolute atomic E-state index is 0.197. The van der Waals surface area contributed by atoms with Crippen LogP contribution in [0.5, 0.6) is 0 Å². The highest BCUT2D eigenvalue weighted by Crippen LogP contribution is 2.29. The number of fused-ring (bicyclic) bond motifs is 1. The molecule has 148 valence electrons. The lowest BCUT2D eigenvalue weighted by molar-refractivity contribution is -0.137. The number of carbonyl (C=O) groups excluding carboxylic acids is 2. The van der Waals surface area contributed by atoms with E-state index in [1.807, 2.05) is 42.5 Å². The van der Waals surface area contributed by atoms with Gasteiger partial charge in [0.1, 0.15) is 5.25 Å². The van der Waals surface area contributed by atoms with Crippen molar-refractivity contribution in [3.05, 3.63) is 72.3 Å². The van der Waals surface area contributed by atoms with E-state index in [-0.39, 0.29) is 12.3 Å². The first-order valence-corrected chi connectivity index (χ1v) is 9.84. The quantitative estimate of drug-likeness (QED) is 0.517. The number of aliphatic carboxylic acids is 1. The van der Waals surface area contributed by atoms with Crippen molar-refractivity contribution in [2.24, 2.45) is 0 Å². The minimum atomic E-state index is -1.06. The molecule has 0 fully saturated rings. The predicted octanol–water partition coefficient (Wildman–Crippen LogP) is 3.77. The fraction of sp³-hybridized carbons (Fsp3) is 0.136. The Kier molecular flexibility index (Phi) is 6.51. The van der Waals surface area contributed by atoms with Crippen LogP contribution in [0.2, 0.25) is 0 Å². The van der Waals surface area contributed by atoms with Crippen LogP contribution in [0.4, 0.5) is 5.69 Å².